The molecular formula is C23H27N5O3S. The van der Waals surface area contributed by atoms with Crippen molar-refractivity contribution >= 4 is 28.7 Å². The predicted octanol–water partition coefficient (Wildman–Crippen LogP) is 2.04. The number of aromatic nitrogens is 3. The standard InChI is InChI=1S/C23H27N5O3S/c1-2-8-28-20-19(21(29)25-23(28)31)15-17(16-24-20)22(30)27-11-9-26(10-12-27)13-14-32-18-6-4-3-5-7-18/h3-7,15-16H,2,8-14H2,1H3,(H,25,29,31). The van der Waals surface area contributed by atoms with Crippen molar-refractivity contribution in [3.05, 3.63) is 69.0 Å². The molecule has 0 spiro atoms. The summed E-state index contributed by atoms with van der Waals surface area (Å²) in [6, 6.07) is 11.9. The molecule has 1 saturated heterocycles. The zero-order valence-corrected chi connectivity index (χ0v) is 18.9. The second-order valence-corrected chi connectivity index (χ2v) is 8.97. The van der Waals surface area contributed by atoms with Crippen LogP contribution in [-0.2, 0) is 6.54 Å². The number of amides is 1. The lowest BCUT2D eigenvalue weighted by molar-refractivity contribution is 0.0644. The third kappa shape index (κ3) is 4.94. The Balaban J connectivity index is 1.38. The van der Waals surface area contributed by atoms with E-state index in [1.807, 2.05) is 36.9 Å². The maximum Gasteiger partial charge on any atom is 0.329 e. The Kier molecular flexibility index (Phi) is 7.06. The SMILES string of the molecule is CCCn1c(=O)[nH]c(=O)c2cc(C(=O)N3CCN(CCSc4ccccc4)CC3)cnc21. The van der Waals surface area contributed by atoms with Crippen molar-refractivity contribution in [2.75, 3.05) is 38.5 Å². The number of nitrogens with one attached hydrogen (secondary N) is 1. The minimum absolute atomic E-state index is 0.134. The number of nitrogens with zero attached hydrogens (tertiary/aromatic N) is 4. The highest BCUT2D eigenvalue weighted by Gasteiger charge is 2.23. The number of aromatic amines is 1. The van der Waals surface area contributed by atoms with Crippen LogP contribution >= 0.6 is 11.8 Å². The van der Waals surface area contributed by atoms with Gasteiger partial charge in [0, 0.05) is 56.1 Å². The topological polar surface area (TPSA) is 91.3 Å². The highest BCUT2D eigenvalue weighted by molar-refractivity contribution is 7.99. The zero-order valence-electron chi connectivity index (χ0n) is 18.1. The molecule has 0 atom stereocenters. The molecule has 0 saturated carbocycles. The van der Waals surface area contributed by atoms with E-state index in [1.165, 1.54) is 15.7 Å². The molecule has 1 fully saturated rings. The van der Waals surface area contributed by atoms with Gasteiger partial charge in [-0.25, -0.2) is 9.78 Å². The summed E-state index contributed by atoms with van der Waals surface area (Å²) in [6.07, 6.45) is 2.20. The largest absolute Gasteiger partial charge is 0.336 e. The second kappa shape index (κ2) is 10.1. The summed E-state index contributed by atoms with van der Waals surface area (Å²) in [4.78, 5) is 49.5. The molecule has 9 heteroatoms. The first-order valence-electron chi connectivity index (χ1n) is 10.9. The first kappa shape index (κ1) is 22.3. The number of thioether (sulfide) groups is 1. The number of piperazine rings is 1. The average Bonchev–Trinajstić information content (AvgIpc) is 2.82. The van der Waals surface area contributed by atoms with Crippen LogP contribution in [-0.4, -0.2) is 68.7 Å². The summed E-state index contributed by atoms with van der Waals surface area (Å²) in [5.41, 5.74) is -0.298. The number of aryl methyl sites for hydroxylation is 1. The molecule has 3 heterocycles. The van der Waals surface area contributed by atoms with E-state index in [-0.39, 0.29) is 11.3 Å². The summed E-state index contributed by atoms with van der Waals surface area (Å²) >= 11 is 1.84. The molecule has 1 aliphatic heterocycles. The molecular weight excluding hydrogens is 426 g/mol. The number of carbonyl (C=O) groups excluding carboxylic acids is 1. The van der Waals surface area contributed by atoms with Crippen LogP contribution in [0.4, 0.5) is 0 Å². The van der Waals surface area contributed by atoms with Crippen molar-refractivity contribution in [3.63, 3.8) is 0 Å². The van der Waals surface area contributed by atoms with E-state index in [0.29, 0.717) is 30.8 Å². The molecule has 4 rings (SSSR count). The third-order valence-corrected chi connectivity index (χ3v) is 6.60. The van der Waals surface area contributed by atoms with Gasteiger partial charge >= 0.3 is 5.69 Å². The van der Waals surface area contributed by atoms with Gasteiger partial charge in [-0.1, -0.05) is 25.1 Å². The zero-order chi connectivity index (χ0) is 22.5. The molecule has 1 aliphatic rings. The molecule has 2 aromatic heterocycles. The third-order valence-electron chi connectivity index (χ3n) is 5.61. The van der Waals surface area contributed by atoms with Crippen LogP contribution in [0.5, 0.6) is 0 Å². The van der Waals surface area contributed by atoms with Crippen LogP contribution in [0.2, 0.25) is 0 Å². The number of carbonyl (C=O) groups is 1. The number of H-pyrrole nitrogens is 1. The minimum atomic E-state index is -0.514. The molecule has 0 aliphatic carbocycles. The molecule has 1 amide bonds. The van der Waals surface area contributed by atoms with Gasteiger partial charge in [0.1, 0.15) is 5.65 Å². The van der Waals surface area contributed by atoms with Crippen molar-refractivity contribution in [1.82, 2.24) is 24.3 Å². The van der Waals surface area contributed by atoms with E-state index in [2.05, 4.69) is 27.0 Å². The van der Waals surface area contributed by atoms with Crippen molar-refractivity contribution in [3.8, 4) is 0 Å². The van der Waals surface area contributed by atoms with Gasteiger partial charge in [0.05, 0.1) is 10.9 Å². The monoisotopic (exact) mass is 453 g/mol. The van der Waals surface area contributed by atoms with E-state index in [0.717, 1.165) is 31.8 Å². The number of benzene rings is 1. The van der Waals surface area contributed by atoms with Crippen LogP contribution in [0.25, 0.3) is 11.0 Å². The summed E-state index contributed by atoms with van der Waals surface area (Å²) in [5, 5.41) is 0.264. The highest BCUT2D eigenvalue weighted by Crippen LogP contribution is 2.18. The maximum atomic E-state index is 13.0. The van der Waals surface area contributed by atoms with E-state index in [4.69, 9.17) is 0 Å². The Hall–Kier alpha value is -2.91. The fraction of sp³-hybridized carbons (Fsp3) is 0.391. The van der Waals surface area contributed by atoms with Crippen LogP contribution < -0.4 is 11.2 Å². The number of hydrogen-bond donors (Lipinski definition) is 1. The fourth-order valence-corrected chi connectivity index (χ4v) is 4.82. The van der Waals surface area contributed by atoms with Crippen LogP contribution in [0.1, 0.15) is 23.7 Å². The molecule has 168 valence electrons. The van der Waals surface area contributed by atoms with Gasteiger partial charge in [0.2, 0.25) is 0 Å². The molecule has 1 N–H and O–H groups in total. The van der Waals surface area contributed by atoms with Crippen molar-refractivity contribution in [2.45, 2.75) is 24.8 Å². The lowest BCUT2D eigenvalue weighted by Gasteiger charge is -2.34. The van der Waals surface area contributed by atoms with Crippen molar-refractivity contribution < 1.29 is 4.79 Å². The lowest BCUT2D eigenvalue weighted by atomic mass is 10.2. The first-order valence-corrected chi connectivity index (χ1v) is 11.9. The van der Waals surface area contributed by atoms with E-state index < -0.39 is 11.2 Å². The van der Waals surface area contributed by atoms with Gasteiger partial charge in [-0.2, -0.15) is 0 Å². The van der Waals surface area contributed by atoms with Crippen molar-refractivity contribution in [1.29, 1.82) is 0 Å². The Bertz CT molecular complexity index is 1200. The average molecular weight is 454 g/mol. The number of pyridine rings is 1. The van der Waals surface area contributed by atoms with Crippen LogP contribution in [0.15, 0.2) is 57.1 Å². The fourth-order valence-electron chi connectivity index (χ4n) is 3.88. The van der Waals surface area contributed by atoms with Gasteiger partial charge in [0.25, 0.3) is 11.5 Å². The summed E-state index contributed by atoms with van der Waals surface area (Å²) in [6.45, 7) is 6.29. The first-order chi connectivity index (χ1) is 15.6. The van der Waals surface area contributed by atoms with E-state index in [9.17, 15) is 14.4 Å². The summed E-state index contributed by atoms with van der Waals surface area (Å²) in [7, 11) is 0. The molecule has 32 heavy (non-hydrogen) atoms. The quantitative estimate of drug-likeness (QED) is 0.551. The smallest absolute Gasteiger partial charge is 0.329 e. The highest BCUT2D eigenvalue weighted by atomic mass is 32.2. The van der Waals surface area contributed by atoms with Gasteiger partial charge in [0.15, 0.2) is 0 Å². The Morgan fingerprint density at radius 1 is 1.09 bits per heavy atom. The molecule has 0 radical (unpaired) electrons. The van der Waals surface area contributed by atoms with Gasteiger partial charge in [-0.3, -0.25) is 24.0 Å². The summed E-state index contributed by atoms with van der Waals surface area (Å²) < 4.78 is 1.44. The molecule has 3 aromatic rings. The predicted molar refractivity (Wildman–Crippen MR) is 126 cm³/mol. The summed E-state index contributed by atoms with van der Waals surface area (Å²) in [5.74, 6) is 0.875. The molecule has 1 aromatic carbocycles. The van der Waals surface area contributed by atoms with Crippen molar-refractivity contribution in [2.24, 2.45) is 0 Å². The number of fused-ring (bicyclic) bond motifs is 1. The molecule has 0 unspecified atom stereocenters. The van der Waals surface area contributed by atoms with Crippen LogP contribution in [0, 0.1) is 0 Å². The normalized spacial score (nSPS) is 14.7. The lowest BCUT2D eigenvalue weighted by Crippen LogP contribution is -2.49. The number of rotatable bonds is 7. The van der Waals surface area contributed by atoms with E-state index >= 15 is 0 Å². The maximum absolute atomic E-state index is 13.0. The number of hydrogen-bond acceptors (Lipinski definition) is 6. The Morgan fingerprint density at radius 3 is 2.56 bits per heavy atom. The molecule has 8 nitrogen and oxygen atoms in total. The van der Waals surface area contributed by atoms with Gasteiger partial charge in [-0.05, 0) is 24.6 Å². The van der Waals surface area contributed by atoms with E-state index in [1.54, 1.807) is 11.0 Å². The minimum Gasteiger partial charge on any atom is -0.336 e. The molecule has 0 bridgehead atoms. The van der Waals surface area contributed by atoms with Gasteiger partial charge in [-0.15, -0.1) is 11.8 Å². The van der Waals surface area contributed by atoms with Crippen LogP contribution in [0.3, 0.4) is 0 Å². The Morgan fingerprint density at radius 2 is 1.84 bits per heavy atom. The Labute approximate surface area is 190 Å². The second-order valence-electron chi connectivity index (χ2n) is 7.80. The van der Waals surface area contributed by atoms with Gasteiger partial charge < -0.3 is 4.90 Å².